The van der Waals surface area contributed by atoms with Crippen LogP contribution in [-0.4, -0.2) is 17.1 Å². The van der Waals surface area contributed by atoms with Gasteiger partial charge in [0.05, 0.1) is 0 Å². The molecule has 0 aliphatic carbocycles. The van der Waals surface area contributed by atoms with E-state index in [1.54, 1.807) is 0 Å². The minimum Gasteiger partial charge on any atom is -0.460 e. The van der Waals surface area contributed by atoms with Crippen LogP contribution in [-0.2, 0) is 9.53 Å². The van der Waals surface area contributed by atoms with Gasteiger partial charge in [0, 0.05) is 12.0 Å². The normalized spacial score (nSPS) is 15.1. The van der Waals surface area contributed by atoms with Crippen molar-refractivity contribution >= 4 is 5.97 Å². The third kappa shape index (κ3) is 5.97. The number of rotatable bonds is 3. The summed E-state index contributed by atoms with van der Waals surface area (Å²) in [7, 11) is 0. The SMILES string of the molecule is CC(CC(=O)OC(C)(C)C)C(C)(C)N. The van der Waals surface area contributed by atoms with E-state index in [9.17, 15) is 4.79 Å². The molecule has 0 aliphatic heterocycles. The Morgan fingerprint density at radius 3 is 2.00 bits per heavy atom. The lowest BCUT2D eigenvalue weighted by atomic mass is 9.88. The smallest absolute Gasteiger partial charge is 0.306 e. The van der Waals surface area contributed by atoms with E-state index in [0.717, 1.165) is 0 Å². The minimum absolute atomic E-state index is 0.123. The first-order chi connectivity index (χ1) is 6.02. The van der Waals surface area contributed by atoms with Gasteiger partial charge in [-0.05, 0) is 40.5 Å². The zero-order valence-electron chi connectivity index (χ0n) is 10.2. The fraction of sp³-hybridized carbons (Fsp3) is 0.909. The summed E-state index contributed by atoms with van der Waals surface area (Å²) in [5.41, 5.74) is 5.14. The van der Waals surface area contributed by atoms with Crippen LogP contribution in [0.4, 0.5) is 0 Å². The topological polar surface area (TPSA) is 52.3 Å². The second-order valence-corrected chi connectivity index (χ2v) is 5.51. The molecule has 0 radical (unpaired) electrons. The molecule has 0 fully saturated rings. The quantitative estimate of drug-likeness (QED) is 0.711. The van der Waals surface area contributed by atoms with Crippen molar-refractivity contribution < 1.29 is 9.53 Å². The second kappa shape index (κ2) is 4.30. The van der Waals surface area contributed by atoms with Crippen molar-refractivity contribution in [2.75, 3.05) is 0 Å². The Kier molecular flexibility index (Phi) is 4.13. The fourth-order valence-electron chi connectivity index (χ4n) is 0.896. The van der Waals surface area contributed by atoms with E-state index in [0.29, 0.717) is 6.42 Å². The predicted molar refractivity (Wildman–Crippen MR) is 57.9 cm³/mol. The average Bonchev–Trinajstić information content (AvgIpc) is 1.79. The zero-order chi connectivity index (χ0) is 11.6. The lowest BCUT2D eigenvalue weighted by molar-refractivity contribution is -0.156. The summed E-state index contributed by atoms with van der Waals surface area (Å²) in [5.74, 6) is -0.0547. The van der Waals surface area contributed by atoms with Gasteiger partial charge in [0.15, 0.2) is 0 Å². The summed E-state index contributed by atoms with van der Waals surface area (Å²) in [6.45, 7) is 11.4. The maximum atomic E-state index is 11.4. The predicted octanol–water partition coefficient (Wildman–Crippen LogP) is 2.09. The van der Waals surface area contributed by atoms with Gasteiger partial charge in [-0.15, -0.1) is 0 Å². The Morgan fingerprint density at radius 1 is 1.29 bits per heavy atom. The highest BCUT2D eigenvalue weighted by Gasteiger charge is 2.25. The highest BCUT2D eigenvalue weighted by Crippen LogP contribution is 2.19. The molecule has 0 aromatic carbocycles. The Labute approximate surface area is 87.0 Å². The molecule has 14 heavy (non-hydrogen) atoms. The van der Waals surface area contributed by atoms with Crippen LogP contribution >= 0.6 is 0 Å². The van der Waals surface area contributed by atoms with Crippen molar-refractivity contribution in [2.24, 2.45) is 11.7 Å². The Morgan fingerprint density at radius 2 is 1.71 bits per heavy atom. The van der Waals surface area contributed by atoms with Crippen LogP contribution in [0.5, 0.6) is 0 Å². The van der Waals surface area contributed by atoms with Gasteiger partial charge in [-0.1, -0.05) is 6.92 Å². The van der Waals surface area contributed by atoms with Gasteiger partial charge in [-0.25, -0.2) is 0 Å². The standard InChI is InChI=1S/C11H23NO2/c1-8(11(5,6)12)7-9(13)14-10(2,3)4/h8H,7,12H2,1-6H3. The maximum absolute atomic E-state index is 11.4. The van der Waals surface area contributed by atoms with Gasteiger partial charge >= 0.3 is 5.97 Å². The molecule has 0 heterocycles. The first kappa shape index (κ1) is 13.4. The molecule has 0 saturated carbocycles. The molecule has 0 aliphatic rings. The molecular formula is C11H23NO2. The molecule has 0 aromatic heterocycles. The second-order valence-electron chi connectivity index (χ2n) is 5.51. The number of carbonyl (C=O) groups is 1. The molecule has 1 atom stereocenters. The molecule has 1 unspecified atom stereocenters. The van der Waals surface area contributed by atoms with Crippen molar-refractivity contribution in [3.8, 4) is 0 Å². The Bertz CT molecular complexity index is 198. The third-order valence-electron chi connectivity index (χ3n) is 2.16. The summed E-state index contributed by atoms with van der Waals surface area (Å²) in [5, 5.41) is 0. The van der Waals surface area contributed by atoms with Crippen LogP contribution in [0.1, 0.15) is 48.0 Å². The van der Waals surface area contributed by atoms with Crippen molar-refractivity contribution in [1.82, 2.24) is 0 Å². The summed E-state index contributed by atoms with van der Waals surface area (Å²) in [6, 6.07) is 0. The van der Waals surface area contributed by atoms with Crippen molar-refractivity contribution in [1.29, 1.82) is 0 Å². The average molecular weight is 201 g/mol. The van der Waals surface area contributed by atoms with E-state index in [-0.39, 0.29) is 17.4 Å². The lowest BCUT2D eigenvalue weighted by Crippen LogP contribution is -2.41. The van der Waals surface area contributed by atoms with Crippen molar-refractivity contribution in [2.45, 2.75) is 59.1 Å². The van der Waals surface area contributed by atoms with Gasteiger partial charge in [-0.2, -0.15) is 0 Å². The number of hydrogen-bond acceptors (Lipinski definition) is 3. The summed E-state index contributed by atoms with van der Waals surface area (Å²) >= 11 is 0. The van der Waals surface area contributed by atoms with E-state index in [2.05, 4.69) is 0 Å². The minimum atomic E-state index is -0.407. The molecule has 0 saturated heterocycles. The van der Waals surface area contributed by atoms with Gasteiger partial charge in [0.25, 0.3) is 0 Å². The molecule has 3 nitrogen and oxygen atoms in total. The summed E-state index contributed by atoms with van der Waals surface area (Å²) in [4.78, 5) is 11.4. The monoisotopic (exact) mass is 201 g/mol. The molecule has 0 spiro atoms. The third-order valence-corrected chi connectivity index (χ3v) is 2.16. The molecule has 3 heteroatoms. The lowest BCUT2D eigenvalue weighted by Gasteiger charge is -2.28. The summed E-state index contributed by atoms with van der Waals surface area (Å²) in [6.07, 6.45) is 0.376. The van der Waals surface area contributed by atoms with Crippen LogP contribution in [0, 0.1) is 5.92 Å². The van der Waals surface area contributed by atoms with Gasteiger partial charge in [-0.3, -0.25) is 4.79 Å². The van der Waals surface area contributed by atoms with E-state index in [4.69, 9.17) is 10.5 Å². The number of esters is 1. The fourth-order valence-corrected chi connectivity index (χ4v) is 0.896. The van der Waals surface area contributed by atoms with E-state index in [1.807, 2.05) is 41.5 Å². The van der Waals surface area contributed by atoms with Gasteiger partial charge in [0.1, 0.15) is 5.60 Å². The molecule has 2 N–H and O–H groups in total. The molecule has 0 aromatic rings. The van der Waals surface area contributed by atoms with Gasteiger partial charge in [0.2, 0.25) is 0 Å². The molecule has 0 amide bonds. The number of carbonyl (C=O) groups excluding carboxylic acids is 1. The highest BCUT2D eigenvalue weighted by molar-refractivity contribution is 5.70. The number of ether oxygens (including phenoxy) is 1. The van der Waals surface area contributed by atoms with E-state index >= 15 is 0 Å². The Balaban J connectivity index is 4.09. The first-order valence-electron chi connectivity index (χ1n) is 5.03. The van der Waals surface area contributed by atoms with E-state index in [1.165, 1.54) is 0 Å². The van der Waals surface area contributed by atoms with E-state index < -0.39 is 5.60 Å². The van der Waals surface area contributed by atoms with Crippen LogP contribution in [0.3, 0.4) is 0 Å². The zero-order valence-corrected chi connectivity index (χ0v) is 10.2. The maximum Gasteiger partial charge on any atom is 0.306 e. The summed E-state index contributed by atoms with van der Waals surface area (Å²) < 4.78 is 5.21. The number of nitrogens with two attached hydrogens (primary N) is 1. The first-order valence-corrected chi connectivity index (χ1v) is 5.03. The molecule has 0 bridgehead atoms. The number of hydrogen-bond donors (Lipinski definition) is 1. The van der Waals surface area contributed by atoms with Crippen LogP contribution in [0.25, 0.3) is 0 Å². The Hall–Kier alpha value is -0.570. The van der Waals surface area contributed by atoms with Crippen LogP contribution in [0.2, 0.25) is 0 Å². The van der Waals surface area contributed by atoms with Crippen molar-refractivity contribution in [3.63, 3.8) is 0 Å². The highest BCUT2D eigenvalue weighted by atomic mass is 16.6. The molecule has 0 rings (SSSR count). The molecular weight excluding hydrogens is 178 g/mol. The van der Waals surface area contributed by atoms with Crippen LogP contribution in [0.15, 0.2) is 0 Å². The largest absolute Gasteiger partial charge is 0.460 e. The van der Waals surface area contributed by atoms with Crippen molar-refractivity contribution in [3.05, 3.63) is 0 Å². The van der Waals surface area contributed by atoms with Gasteiger partial charge < -0.3 is 10.5 Å². The molecule has 84 valence electrons. The van der Waals surface area contributed by atoms with Crippen LogP contribution < -0.4 is 5.73 Å².